The van der Waals surface area contributed by atoms with Crippen molar-refractivity contribution in [3.63, 3.8) is 0 Å². The second-order valence-electron chi connectivity index (χ2n) is 7.30. The molecule has 1 aliphatic rings. The van der Waals surface area contributed by atoms with Gasteiger partial charge >= 0.3 is 0 Å². The Morgan fingerprint density at radius 2 is 1.58 bits per heavy atom. The van der Waals surface area contributed by atoms with Gasteiger partial charge in [0.15, 0.2) is 0 Å². The van der Waals surface area contributed by atoms with Crippen LogP contribution in [0.2, 0.25) is 0 Å². The predicted octanol–water partition coefficient (Wildman–Crippen LogP) is 2.78. The number of sulfonamides is 1. The summed E-state index contributed by atoms with van der Waals surface area (Å²) in [5.41, 5.74) is 1.77. The van der Waals surface area contributed by atoms with Crippen LogP contribution in [0.15, 0.2) is 89.3 Å². The van der Waals surface area contributed by atoms with Gasteiger partial charge in [0, 0.05) is 11.3 Å². The highest BCUT2D eigenvalue weighted by Crippen LogP contribution is 2.31. The normalized spacial score (nSPS) is 17.5. The minimum atomic E-state index is -3.85. The quantitative estimate of drug-likeness (QED) is 0.429. The molecule has 1 saturated heterocycles. The van der Waals surface area contributed by atoms with Crippen molar-refractivity contribution in [3.05, 3.63) is 90.0 Å². The van der Waals surface area contributed by atoms with Crippen LogP contribution in [0.1, 0.15) is 5.56 Å². The lowest BCUT2D eigenvalue weighted by Gasteiger charge is -2.16. The fourth-order valence-corrected chi connectivity index (χ4v) is 4.10. The number of amides is 2. The number of imide groups is 1. The first-order valence-electron chi connectivity index (χ1n) is 9.97. The molecular weight excluding hydrogens is 442 g/mol. The molecule has 168 valence electrons. The molecule has 4 rings (SSSR count). The van der Waals surface area contributed by atoms with Gasteiger partial charge in [-0.05, 0) is 48.5 Å². The number of nitrogens with one attached hydrogen (secondary N) is 1. The van der Waals surface area contributed by atoms with E-state index in [1.54, 1.807) is 54.6 Å². The van der Waals surface area contributed by atoms with Crippen molar-refractivity contribution in [1.29, 1.82) is 0 Å². The number of ether oxygens (including phenoxy) is 1. The molecule has 3 aromatic carbocycles. The van der Waals surface area contributed by atoms with Crippen molar-refractivity contribution in [3.8, 4) is 5.75 Å². The molecule has 2 amide bonds. The standard InChI is InChI=1S/C24H21N3O5S/c1-32-21-10-6-5-7-16(21)15-20-22(26-17-11-13-19(14-12-17)33(25,30)31)24(29)27(23(20)28)18-8-3-2-4-9-18/h2-15,22,26H,1H3,(H2,25,30,31)/b20-15+. The van der Waals surface area contributed by atoms with E-state index in [2.05, 4.69) is 5.32 Å². The number of nitrogens with zero attached hydrogens (tertiary/aromatic N) is 1. The molecule has 3 N–H and O–H groups in total. The summed E-state index contributed by atoms with van der Waals surface area (Å²) in [7, 11) is -2.33. The average molecular weight is 464 g/mol. The van der Waals surface area contributed by atoms with Crippen LogP contribution in [0.5, 0.6) is 5.75 Å². The Hall–Kier alpha value is -3.95. The summed E-state index contributed by atoms with van der Waals surface area (Å²) in [4.78, 5) is 27.8. The smallest absolute Gasteiger partial charge is 0.263 e. The Labute approximate surface area is 191 Å². The molecule has 0 aromatic heterocycles. The van der Waals surface area contributed by atoms with Gasteiger partial charge < -0.3 is 10.1 Å². The average Bonchev–Trinajstić information content (AvgIpc) is 3.03. The Kier molecular flexibility index (Phi) is 5.99. The lowest BCUT2D eigenvalue weighted by Crippen LogP contribution is -2.34. The number of nitrogens with two attached hydrogens (primary N) is 1. The van der Waals surface area contributed by atoms with Crippen LogP contribution >= 0.6 is 0 Å². The van der Waals surface area contributed by atoms with Crippen LogP contribution < -0.4 is 20.1 Å². The first-order chi connectivity index (χ1) is 15.8. The van der Waals surface area contributed by atoms with Gasteiger partial charge in [-0.15, -0.1) is 0 Å². The van der Waals surface area contributed by atoms with Gasteiger partial charge in [-0.1, -0.05) is 36.4 Å². The second-order valence-corrected chi connectivity index (χ2v) is 8.86. The number of carbonyl (C=O) groups is 2. The summed E-state index contributed by atoms with van der Waals surface area (Å²) in [5, 5.41) is 8.20. The van der Waals surface area contributed by atoms with E-state index in [4.69, 9.17) is 9.88 Å². The predicted molar refractivity (Wildman–Crippen MR) is 125 cm³/mol. The highest BCUT2D eigenvalue weighted by molar-refractivity contribution is 7.89. The third-order valence-corrected chi connectivity index (χ3v) is 6.12. The van der Waals surface area contributed by atoms with Crippen LogP contribution in [0, 0.1) is 0 Å². The summed E-state index contributed by atoms with van der Waals surface area (Å²) >= 11 is 0. The number of rotatable bonds is 6. The molecule has 0 bridgehead atoms. The molecule has 9 heteroatoms. The Morgan fingerprint density at radius 1 is 0.939 bits per heavy atom. The maximum absolute atomic E-state index is 13.4. The summed E-state index contributed by atoms with van der Waals surface area (Å²) in [6.45, 7) is 0. The van der Waals surface area contributed by atoms with Crippen LogP contribution in [0.3, 0.4) is 0 Å². The van der Waals surface area contributed by atoms with Crippen molar-refractivity contribution in [2.24, 2.45) is 5.14 Å². The monoisotopic (exact) mass is 463 g/mol. The van der Waals surface area contributed by atoms with E-state index in [-0.39, 0.29) is 10.5 Å². The zero-order valence-corrected chi connectivity index (χ0v) is 18.5. The number of benzene rings is 3. The number of methoxy groups -OCH3 is 1. The fraction of sp³-hybridized carbons (Fsp3) is 0.0833. The maximum atomic E-state index is 13.4. The van der Waals surface area contributed by atoms with Crippen molar-refractivity contribution in [2.75, 3.05) is 17.3 Å². The Balaban J connectivity index is 1.76. The summed E-state index contributed by atoms with van der Waals surface area (Å²) in [5.74, 6) is -0.363. The minimum absolute atomic E-state index is 0.0578. The van der Waals surface area contributed by atoms with Gasteiger partial charge in [-0.3, -0.25) is 9.59 Å². The lowest BCUT2D eigenvalue weighted by atomic mass is 10.0. The zero-order chi connectivity index (χ0) is 23.6. The molecule has 0 radical (unpaired) electrons. The number of hydrogen-bond donors (Lipinski definition) is 2. The molecule has 33 heavy (non-hydrogen) atoms. The third kappa shape index (κ3) is 4.50. The molecule has 0 aliphatic carbocycles. The van der Waals surface area contributed by atoms with E-state index < -0.39 is 27.9 Å². The molecule has 1 fully saturated rings. The van der Waals surface area contributed by atoms with E-state index in [9.17, 15) is 18.0 Å². The van der Waals surface area contributed by atoms with E-state index in [0.717, 1.165) is 4.90 Å². The van der Waals surface area contributed by atoms with Crippen molar-refractivity contribution < 1.29 is 22.7 Å². The molecule has 8 nitrogen and oxygen atoms in total. The van der Waals surface area contributed by atoms with Crippen LogP contribution in [0.25, 0.3) is 6.08 Å². The van der Waals surface area contributed by atoms with E-state index in [0.29, 0.717) is 22.7 Å². The largest absolute Gasteiger partial charge is 0.496 e. The van der Waals surface area contributed by atoms with Crippen molar-refractivity contribution >= 4 is 39.3 Å². The van der Waals surface area contributed by atoms with Gasteiger partial charge in [-0.25, -0.2) is 18.5 Å². The minimum Gasteiger partial charge on any atom is -0.496 e. The zero-order valence-electron chi connectivity index (χ0n) is 17.6. The lowest BCUT2D eigenvalue weighted by molar-refractivity contribution is -0.121. The molecule has 0 saturated carbocycles. The van der Waals surface area contributed by atoms with Crippen molar-refractivity contribution in [1.82, 2.24) is 0 Å². The van der Waals surface area contributed by atoms with Gasteiger partial charge in [-0.2, -0.15) is 0 Å². The molecule has 1 unspecified atom stereocenters. The fourth-order valence-electron chi connectivity index (χ4n) is 3.58. The Morgan fingerprint density at radius 3 is 2.21 bits per heavy atom. The van der Waals surface area contributed by atoms with Crippen LogP contribution in [0.4, 0.5) is 11.4 Å². The van der Waals surface area contributed by atoms with Crippen molar-refractivity contribution in [2.45, 2.75) is 10.9 Å². The number of primary sulfonamides is 1. The first-order valence-corrected chi connectivity index (χ1v) is 11.5. The van der Waals surface area contributed by atoms with Gasteiger partial charge in [0.1, 0.15) is 11.8 Å². The van der Waals surface area contributed by atoms with Crippen LogP contribution in [-0.2, 0) is 19.6 Å². The van der Waals surface area contributed by atoms with Gasteiger partial charge in [0.25, 0.3) is 11.8 Å². The second kappa shape index (κ2) is 8.89. The maximum Gasteiger partial charge on any atom is 0.263 e. The van der Waals surface area contributed by atoms with Gasteiger partial charge in [0.2, 0.25) is 10.0 Å². The molecule has 0 spiro atoms. The Bertz CT molecular complexity index is 1340. The first kappa shape index (κ1) is 22.3. The van der Waals surface area contributed by atoms with Crippen LogP contribution in [-0.4, -0.2) is 33.4 Å². The SMILES string of the molecule is COc1ccccc1/C=C1/C(=O)N(c2ccccc2)C(=O)C1Nc1ccc(S(N)(=O)=O)cc1. The molecule has 1 atom stereocenters. The van der Waals surface area contributed by atoms with Gasteiger partial charge in [0.05, 0.1) is 23.3 Å². The third-order valence-electron chi connectivity index (χ3n) is 5.19. The molecule has 3 aromatic rings. The molecular formula is C24H21N3O5S. The van der Waals surface area contributed by atoms with E-state index >= 15 is 0 Å². The number of carbonyl (C=O) groups excluding carboxylic acids is 2. The van der Waals surface area contributed by atoms with E-state index in [1.807, 2.05) is 6.07 Å². The highest BCUT2D eigenvalue weighted by Gasteiger charge is 2.44. The topological polar surface area (TPSA) is 119 Å². The number of para-hydroxylation sites is 2. The highest BCUT2D eigenvalue weighted by atomic mass is 32.2. The molecule has 1 heterocycles. The number of hydrogen-bond acceptors (Lipinski definition) is 6. The summed E-state index contributed by atoms with van der Waals surface area (Å²) < 4.78 is 28.4. The molecule has 1 aliphatic heterocycles. The number of anilines is 2. The summed E-state index contributed by atoms with van der Waals surface area (Å²) in [6, 6.07) is 20.4. The summed E-state index contributed by atoms with van der Waals surface area (Å²) in [6.07, 6.45) is 1.62. The van der Waals surface area contributed by atoms with E-state index in [1.165, 1.54) is 31.4 Å².